The number of hydrogen-bond acceptors (Lipinski definition) is 5. The Morgan fingerprint density at radius 2 is 1.78 bits per heavy atom. The molecular formula is C20H29N3O3S. The summed E-state index contributed by atoms with van der Waals surface area (Å²) in [7, 11) is 0. The molecule has 1 atom stereocenters. The van der Waals surface area contributed by atoms with Crippen LogP contribution in [0.1, 0.15) is 58.9 Å². The van der Waals surface area contributed by atoms with Crippen molar-refractivity contribution in [3.05, 3.63) is 15.6 Å². The van der Waals surface area contributed by atoms with Crippen LogP contribution in [0.3, 0.4) is 0 Å². The first-order valence-corrected chi connectivity index (χ1v) is 10.9. The molecule has 27 heavy (non-hydrogen) atoms. The molecule has 0 N–H and O–H groups in total. The standard InChI is InChI=1S/C20H29N3O3S/c1-14-16(27-15(2)21-14)18(24)23-11-5-6-20(7-12-26-13-8-20)17(23)19(25)22-9-3-4-10-22/h17H,3-13H2,1-2H3. The Morgan fingerprint density at radius 3 is 2.41 bits per heavy atom. The number of nitrogens with zero attached hydrogens (tertiary/aromatic N) is 3. The highest BCUT2D eigenvalue weighted by molar-refractivity contribution is 7.13. The molecule has 7 heteroatoms. The number of likely N-dealkylation sites (tertiary alicyclic amines) is 2. The lowest BCUT2D eigenvalue weighted by molar-refractivity contribution is -0.147. The lowest BCUT2D eigenvalue weighted by Gasteiger charge is -2.51. The molecular weight excluding hydrogens is 362 g/mol. The van der Waals surface area contributed by atoms with Gasteiger partial charge in [-0.2, -0.15) is 0 Å². The van der Waals surface area contributed by atoms with Crippen LogP contribution in [-0.2, 0) is 9.53 Å². The number of rotatable bonds is 2. The monoisotopic (exact) mass is 391 g/mol. The Bertz CT molecular complexity index is 715. The third kappa shape index (κ3) is 3.40. The zero-order valence-electron chi connectivity index (χ0n) is 16.3. The average molecular weight is 392 g/mol. The summed E-state index contributed by atoms with van der Waals surface area (Å²) in [5.41, 5.74) is 0.640. The molecule has 0 radical (unpaired) electrons. The molecule has 0 aromatic carbocycles. The molecule has 0 aliphatic carbocycles. The van der Waals surface area contributed by atoms with Crippen molar-refractivity contribution < 1.29 is 14.3 Å². The molecule has 1 unspecified atom stereocenters. The van der Waals surface area contributed by atoms with Crippen LogP contribution in [-0.4, -0.2) is 65.5 Å². The van der Waals surface area contributed by atoms with Crippen molar-refractivity contribution in [1.82, 2.24) is 14.8 Å². The molecule has 0 saturated carbocycles. The van der Waals surface area contributed by atoms with Gasteiger partial charge in [-0.3, -0.25) is 9.59 Å². The van der Waals surface area contributed by atoms with Crippen LogP contribution in [0.5, 0.6) is 0 Å². The number of ether oxygens (including phenoxy) is 1. The fourth-order valence-corrected chi connectivity index (χ4v) is 5.96. The summed E-state index contributed by atoms with van der Waals surface area (Å²) in [4.78, 5) is 36.1. The number of carbonyl (C=O) groups is 2. The van der Waals surface area contributed by atoms with E-state index in [4.69, 9.17) is 4.74 Å². The van der Waals surface area contributed by atoms with Gasteiger partial charge in [-0.15, -0.1) is 11.3 Å². The smallest absolute Gasteiger partial charge is 0.266 e. The quantitative estimate of drug-likeness (QED) is 0.778. The van der Waals surface area contributed by atoms with E-state index in [1.165, 1.54) is 11.3 Å². The van der Waals surface area contributed by atoms with Crippen molar-refractivity contribution in [1.29, 1.82) is 0 Å². The minimum absolute atomic E-state index is 0.0128. The number of hydrogen-bond donors (Lipinski definition) is 0. The Morgan fingerprint density at radius 1 is 1.07 bits per heavy atom. The Balaban J connectivity index is 1.70. The Hall–Kier alpha value is -1.47. The second-order valence-corrected chi connectivity index (χ2v) is 9.36. The molecule has 3 aliphatic rings. The number of aryl methyl sites for hydroxylation is 2. The first-order chi connectivity index (χ1) is 13.0. The number of amides is 2. The van der Waals surface area contributed by atoms with Gasteiger partial charge in [0.25, 0.3) is 5.91 Å². The molecule has 1 aromatic heterocycles. The fraction of sp³-hybridized carbons (Fsp3) is 0.750. The predicted octanol–water partition coefficient (Wildman–Crippen LogP) is 2.78. The summed E-state index contributed by atoms with van der Waals surface area (Å²) in [5, 5.41) is 0.899. The maximum atomic E-state index is 13.6. The molecule has 2 amide bonds. The van der Waals surface area contributed by atoms with E-state index in [-0.39, 0.29) is 23.3 Å². The van der Waals surface area contributed by atoms with Crippen LogP contribution < -0.4 is 0 Å². The molecule has 1 aromatic rings. The zero-order chi connectivity index (χ0) is 19.0. The highest BCUT2D eigenvalue weighted by Gasteiger charge is 2.52. The first kappa shape index (κ1) is 18.9. The third-order valence-electron chi connectivity index (χ3n) is 6.46. The van der Waals surface area contributed by atoms with Crippen molar-refractivity contribution in [2.24, 2.45) is 5.41 Å². The molecule has 3 fully saturated rings. The van der Waals surface area contributed by atoms with Gasteiger partial charge in [0.15, 0.2) is 0 Å². The summed E-state index contributed by atoms with van der Waals surface area (Å²) in [6.45, 7) is 7.49. The summed E-state index contributed by atoms with van der Waals surface area (Å²) in [5.74, 6) is 0.141. The van der Waals surface area contributed by atoms with Crippen molar-refractivity contribution in [2.75, 3.05) is 32.8 Å². The van der Waals surface area contributed by atoms with Gasteiger partial charge in [0, 0.05) is 38.3 Å². The maximum absolute atomic E-state index is 13.6. The van der Waals surface area contributed by atoms with Crippen molar-refractivity contribution >= 4 is 23.2 Å². The highest BCUT2D eigenvalue weighted by Crippen LogP contribution is 2.45. The number of aromatic nitrogens is 1. The Kier molecular flexibility index (Phi) is 5.25. The van der Waals surface area contributed by atoms with E-state index in [1.807, 2.05) is 23.6 Å². The summed E-state index contributed by atoms with van der Waals surface area (Å²) in [6.07, 6.45) is 5.81. The molecule has 4 rings (SSSR count). The van der Waals surface area contributed by atoms with E-state index < -0.39 is 0 Å². The maximum Gasteiger partial charge on any atom is 0.266 e. The van der Waals surface area contributed by atoms with E-state index in [2.05, 4.69) is 4.98 Å². The average Bonchev–Trinajstić information content (AvgIpc) is 3.31. The van der Waals surface area contributed by atoms with Gasteiger partial charge >= 0.3 is 0 Å². The lowest BCUT2D eigenvalue weighted by atomic mass is 9.67. The van der Waals surface area contributed by atoms with Gasteiger partial charge in [0.1, 0.15) is 10.9 Å². The topological polar surface area (TPSA) is 62.7 Å². The summed E-state index contributed by atoms with van der Waals surface area (Å²) >= 11 is 1.45. The van der Waals surface area contributed by atoms with E-state index in [9.17, 15) is 9.59 Å². The van der Waals surface area contributed by atoms with Gasteiger partial charge in [0.05, 0.1) is 10.7 Å². The van der Waals surface area contributed by atoms with Crippen LogP contribution >= 0.6 is 11.3 Å². The lowest BCUT2D eigenvalue weighted by Crippen LogP contribution is -2.62. The molecule has 148 valence electrons. The molecule has 1 spiro atoms. The predicted molar refractivity (Wildman–Crippen MR) is 104 cm³/mol. The van der Waals surface area contributed by atoms with Gasteiger partial charge in [-0.1, -0.05) is 0 Å². The van der Waals surface area contributed by atoms with Gasteiger partial charge < -0.3 is 14.5 Å². The largest absolute Gasteiger partial charge is 0.381 e. The molecule has 0 bridgehead atoms. The van der Waals surface area contributed by atoms with Gasteiger partial charge in [-0.25, -0.2) is 4.98 Å². The van der Waals surface area contributed by atoms with E-state index >= 15 is 0 Å². The minimum atomic E-state index is -0.359. The summed E-state index contributed by atoms with van der Waals surface area (Å²) in [6, 6.07) is -0.359. The number of carbonyl (C=O) groups excluding carboxylic acids is 2. The van der Waals surface area contributed by atoms with Crippen LogP contribution in [0.2, 0.25) is 0 Å². The molecule has 4 heterocycles. The molecule has 6 nitrogen and oxygen atoms in total. The second kappa shape index (κ2) is 7.51. The summed E-state index contributed by atoms with van der Waals surface area (Å²) < 4.78 is 5.62. The number of piperidine rings is 1. The first-order valence-electron chi connectivity index (χ1n) is 10.1. The van der Waals surface area contributed by atoms with E-state index in [0.29, 0.717) is 24.6 Å². The highest BCUT2D eigenvalue weighted by atomic mass is 32.1. The molecule has 3 saturated heterocycles. The minimum Gasteiger partial charge on any atom is -0.381 e. The Labute approximate surface area is 164 Å². The SMILES string of the molecule is Cc1nc(C)c(C(=O)N2CCCC3(CCOCC3)C2C(=O)N2CCCC2)s1. The fourth-order valence-electron chi connectivity index (χ4n) is 5.08. The van der Waals surface area contributed by atoms with Crippen molar-refractivity contribution in [2.45, 2.75) is 58.4 Å². The van der Waals surface area contributed by atoms with Gasteiger partial charge in [0.2, 0.25) is 5.91 Å². The van der Waals surface area contributed by atoms with Crippen LogP contribution in [0, 0.1) is 19.3 Å². The van der Waals surface area contributed by atoms with Crippen LogP contribution in [0.15, 0.2) is 0 Å². The van der Waals surface area contributed by atoms with Crippen molar-refractivity contribution in [3.63, 3.8) is 0 Å². The number of thiazole rings is 1. The molecule has 3 aliphatic heterocycles. The van der Waals surface area contributed by atoms with E-state index in [1.54, 1.807) is 0 Å². The van der Waals surface area contributed by atoms with Crippen molar-refractivity contribution in [3.8, 4) is 0 Å². The third-order valence-corrected chi connectivity index (χ3v) is 7.53. The van der Waals surface area contributed by atoms with Crippen LogP contribution in [0.4, 0.5) is 0 Å². The normalized spacial score (nSPS) is 25.2. The van der Waals surface area contributed by atoms with Crippen LogP contribution in [0.25, 0.3) is 0 Å². The second-order valence-electron chi connectivity index (χ2n) is 8.16. The van der Waals surface area contributed by atoms with E-state index in [0.717, 1.165) is 62.3 Å². The van der Waals surface area contributed by atoms with Gasteiger partial charge in [-0.05, 0) is 52.4 Å². The zero-order valence-corrected chi connectivity index (χ0v) is 17.1.